The van der Waals surface area contributed by atoms with Crippen LogP contribution < -0.4 is 19.3 Å². The fraction of sp³-hybridized carbons (Fsp3) is 0.520. The number of nitrogens with zero attached hydrogens (tertiary/aromatic N) is 6. The zero-order valence-corrected chi connectivity index (χ0v) is 37.4. The summed E-state index contributed by atoms with van der Waals surface area (Å²) in [5.74, 6) is 2.18. The molecular formula is C50H64N6O6. The number of amides is 2. The summed E-state index contributed by atoms with van der Waals surface area (Å²) in [6.45, 7) is 18.0. The molecule has 4 aromatic rings. The summed E-state index contributed by atoms with van der Waals surface area (Å²) < 4.78 is 24.8. The van der Waals surface area contributed by atoms with Gasteiger partial charge < -0.3 is 28.7 Å². The van der Waals surface area contributed by atoms with E-state index in [1.54, 1.807) is 11.0 Å². The highest BCUT2D eigenvalue weighted by Gasteiger charge is 2.41. The molecule has 62 heavy (non-hydrogen) atoms. The molecule has 2 saturated heterocycles. The topological polar surface area (TPSA) is 110 Å². The van der Waals surface area contributed by atoms with Gasteiger partial charge in [-0.25, -0.2) is 9.78 Å². The number of rotatable bonds is 12. The highest BCUT2D eigenvalue weighted by atomic mass is 16.6. The van der Waals surface area contributed by atoms with Crippen LogP contribution in [0.25, 0.3) is 0 Å². The van der Waals surface area contributed by atoms with Crippen LogP contribution in [0.3, 0.4) is 0 Å². The molecule has 3 aliphatic heterocycles. The van der Waals surface area contributed by atoms with Crippen LogP contribution >= 0.6 is 0 Å². The van der Waals surface area contributed by atoms with E-state index in [-0.39, 0.29) is 29.7 Å². The Morgan fingerprint density at radius 3 is 2.05 bits per heavy atom. The van der Waals surface area contributed by atoms with Crippen molar-refractivity contribution in [1.29, 1.82) is 0 Å². The first-order valence-electron chi connectivity index (χ1n) is 22.6. The van der Waals surface area contributed by atoms with E-state index in [0.29, 0.717) is 54.8 Å². The number of hydrogen-bond donors (Lipinski definition) is 0. The Hall–Kier alpha value is -5.20. The minimum atomic E-state index is -0.495. The summed E-state index contributed by atoms with van der Waals surface area (Å²) in [6.07, 6.45) is 6.76. The summed E-state index contributed by atoms with van der Waals surface area (Å²) in [5.41, 5.74) is 3.20. The lowest BCUT2D eigenvalue weighted by Crippen LogP contribution is -2.62. The van der Waals surface area contributed by atoms with Crippen molar-refractivity contribution in [2.45, 2.75) is 123 Å². The van der Waals surface area contributed by atoms with Crippen molar-refractivity contribution in [3.63, 3.8) is 0 Å². The van der Waals surface area contributed by atoms with Gasteiger partial charge in [0.25, 0.3) is 5.91 Å². The van der Waals surface area contributed by atoms with E-state index in [1.807, 2.05) is 111 Å². The van der Waals surface area contributed by atoms with Gasteiger partial charge >= 0.3 is 6.09 Å². The van der Waals surface area contributed by atoms with E-state index in [4.69, 9.17) is 28.9 Å². The fourth-order valence-corrected chi connectivity index (χ4v) is 9.50. The monoisotopic (exact) mass is 844 g/mol. The molecule has 0 radical (unpaired) electrons. The number of fused-ring (bicyclic) bond motifs is 1. The van der Waals surface area contributed by atoms with E-state index in [2.05, 4.69) is 23.6 Å². The van der Waals surface area contributed by atoms with Crippen LogP contribution in [0.5, 0.6) is 11.8 Å². The van der Waals surface area contributed by atoms with Crippen molar-refractivity contribution in [3.8, 4) is 11.8 Å². The van der Waals surface area contributed by atoms with Gasteiger partial charge in [0.2, 0.25) is 11.8 Å². The van der Waals surface area contributed by atoms with Crippen molar-refractivity contribution in [2.24, 2.45) is 5.92 Å². The van der Waals surface area contributed by atoms with Gasteiger partial charge in [0, 0.05) is 45.3 Å². The zero-order chi connectivity index (χ0) is 43.4. The lowest BCUT2D eigenvalue weighted by molar-refractivity contribution is -0.0519. The standard InChI is InChI=1S/C50H64N6O6/c1-35-45-41(47(57)56(35)42-22-24-44(59-32-37-13-9-7-10-14-37)52-46(42)60-33-38-15-11-8-12-16-38)21-23-43(51-45)54-27-25-40(26-28-54)61-39-19-17-36(18-20-39)31-53-29-30-55(50(5,6)34-53)48(58)62-49(2,3)4/h7-16,21-24,35-36,39-40H,17-20,25-34H2,1-6H3/t35?,36-,39-. The molecule has 1 saturated carbocycles. The molecule has 2 aromatic carbocycles. The summed E-state index contributed by atoms with van der Waals surface area (Å²) in [6, 6.07) is 27.1. The molecule has 12 heteroatoms. The summed E-state index contributed by atoms with van der Waals surface area (Å²) >= 11 is 0. The molecule has 3 fully saturated rings. The summed E-state index contributed by atoms with van der Waals surface area (Å²) in [4.78, 5) is 45.4. The predicted octanol–water partition coefficient (Wildman–Crippen LogP) is 9.23. The maximum Gasteiger partial charge on any atom is 0.410 e. The second-order valence-corrected chi connectivity index (χ2v) is 19.1. The van der Waals surface area contributed by atoms with Gasteiger partial charge in [0.05, 0.1) is 35.0 Å². The quantitative estimate of drug-likeness (QED) is 0.137. The number of carbonyl (C=O) groups is 2. The number of ether oxygens (including phenoxy) is 4. The number of piperazine rings is 1. The Morgan fingerprint density at radius 1 is 0.758 bits per heavy atom. The lowest BCUT2D eigenvalue weighted by atomic mass is 9.86. The van der Waals surface area contributed by atoms with Crippen LogP contribution in [0, 0.1) is 5.92 Å². The highest BCUT2D eigenvalue weighted by Crippen LogP contribution is 2.42. The van der Waals surface area contributed by atoms with Gasteiger partial charge in [0.1, 0.15) is 30.3 Å². The van der Waals surface area contributed by atoms with Crippen molar-refractivity contribution < 1.29 is 28.5 Å². The van der Waals surface area contributed by atoms with Crippen LogP contribution in [-0.2, 0) is 22.7 Å². The SMILES string of the molecule is CC1c2nc(N3CCC(O[C@H]4CC[C@H](CN5CCN(C(=O)OC(C)(C)C)C(C)(C)C5)CC4)CC3)ccc2C(=O)N1c1ccc(OCc2ccccc2)nc1OCc1ccccc1. The summed E-state index contributed by atoms with van der Waals surface area (Å²) in [7, 11) is 0. The number of hydrogen-bond acceptors (Lipinski definition) is 10. The van der Waals surface area contributed by atoms with Crippen LogP contribution in [0.15, 0.2) is 84.9 Å². The average Bonchev–Trinajstić information content (AvgIpc) is 3.50. The molecule has 5 heterocycles. The Balaban J connectivity index is 0.836. The zero-order valence-electron chi connectivity index (χ0n) is 37.4. The minimum absolute atomic E-state index is 0.123. The van der Waals surface area contributed by atoms with Crippen molar-refractivity contribution >= 4 is 23.5 Å². The third-order valence-corrected chi connectivity index (χ3v) is 12.7. The molecule has 2 amide bonds. The van der Waals surface area contributed by atoms with Crippen LogP contribution in [0.2, 0.25) is 0 Å². The fourth-order valence-electron chi connectivity index (χ4n) is 9.50. The number of anilines is 2. The number of benzene rings is 2. The van der Waals surface area contributed by atoms with Crippen LogP contribution in [0.4, 0.5) is 16.3 Å². The van der Waals surface area contributed by atoms with E-state index < -0.39 is 5.60 Å². The average molecular weight is 845 g/mol. The van der Waals surface area contributed by atoms with E-state index in [9.17, 15) is 9.59 Å². The molecule has 0 spiro atoms. The number of pyridine rings is 2. The second-order valence-electron chi connectivity index (χ2n) is 19.1. The lowest BCUT2D eigenvalue weighted by Gasteiger charge is -2.48. The molecule has 330 valence electrons. The summed E-state index contributed by atoms with van der Waals surface area (Å²) in [5, 5.41) is 0. The third kappa shape index (κ3) is 10.3. The van der Waals surface area contributed by atoms with Gasteiger partial charge in [-0.15, -0.1) is 0 Å². The molecule has 1 atom stereocenters. The molecule has 0 N–H and O–H groups in total. The molecule has 1 unspecified atom stereocenters. The van der Waals surface area contributed by atoms with Crippen LogP contribution in [-0.4, -0.2) is 94.4 Å². The van der Waals surface area contributed by atoms with E-state index in [1.165, 1.54) is 12.8 Å². The van der Waals surface area contributed by atoms with Crippen molar-refractivity contribution in [3.05, 3.63) is 107 Å². The minimum Gasteiger partial charge on any atom is -0.473 e. The highest BCUT2D eigenvalue weighted by molar-refractivity contribution is 6.11. The number of piperidine rings is 1. The first-order valence-corrected chi connectivity index (χ1v) is 22.6. The molecule has 4 aliphatic rings. The predicted molar refractivity (Wildman–Crippen MR) is 241 cm³/mol. The van der Waals surface area contributed by atoms with Crippen molar-refractivity contribution in [1.82, 2.24) is 19.8 Å². The Morgan fingerprint density at radius 2 is 1.40 bits per heavy atom. The van der Waals surface area contributed by atoms with Crippen LogP contribution in [0.1, 0.15) is 113 Å². The largest absolute Gasteiger partial charge is 0.473 e. The maximum atomic E-state index is 14.1. The van der Waals surface area contributed by atoms with E-state index in [0.717, 1.165) is 81.0 Å². The Kier molecular flexibility index (Phi) is 13.1. The van der Waals surface area contributed by atoms with Gasteiger partial charge in [-0.2, -0.15) is 4.98 Å². The molecule has 0 bridgehead atoms. The Bertz CT molecular complexity index is 2150. The first-order chi connectivity index (χ1) is 29.8. The van der Waals surface area contributed by atoms with Gasteiger partial charge in [0.15, 0.2) is 0 Å². The molecule has 2 aromatic heterocycles. The maximum absolute atomic E-state index is 14.1. The smallest absolute Gasteiger partial charge is 0.410 e. The number of carbonyl (C=O) groups excluding carboxylic acids is 2. The third-order valence-electron chi connectivity index (χ3n) is 12.7. The molecular weight excluding hydrogens is 781 g/mol. The van der Waals surface area contributed by atoms with E-state index >= 15 is 0 Å². The molecule has 12 nitrogen and oxygen atoms in total. The molecule has 8 rings (SSSR count). The molecule has 1 aliphatic carbocycles. The van der Waals surface area contributed by atoms with Gasteiger partial charge in [-0.1, -0.05) is 60.7 Å². The second kappa shape index (κ2) is 18.6. The number of aromatic nitrogens is 2. The van der Waals surface area contributed by atoms with Crippen molar-refractivity contribution in [2.75, 3.05) is 49.1 Å². The van der Waals surface area contributed by atoms with Gasteiger partial charge in [-0.05, 0) is 115 Å². The van der Waals surface area contributed by atoms with Gasteiger partial charge in [-0.3, -0.25) is 14.6 Å². The normalized spacial score (nSPS) is 22.1. The first kappa shape index (κ1) is 43.4. The Labute approximate surface area is 367 Å².